The number of carboxylic acid groups (broad SMARTS) is 1. The SMILES string of the molecule is CCSc1ccc([N+](=O)[O-])cc1C(=O)N1CCCC1CC(=O)O. The third kappa shape index (κ3) is 4.01. The number of nitro groups is 1. The zero-order chi connectivity index (χ0) is 17.0. The van der Waals surface area contributed by atoms with E-state index in [0.29, 0.717) is 17.9 Å². The molecule has 1 fully saturated rings. The summed E-state index contributed by atoms with van der Waals surface area (Å²) in [4.78, 5) is 36.4. The van der Waals surface area contributed by atoms with E-state index in [-0.39, 0.29) is 29.6 Å². The van der Waals surface area contributed by atoms with Crippen molar-refractivity contribution in [3.63, 3.8) is 0 Å². The van der Waals surface area contributed by atoms with E-state index >= 15 is 0 Å². The molecule has 7 nitrogen and oxygen atoms in total. The maximum Gasteiger partial charge on any atom is 0.305 e. The van der Waals surface area contributed by atoms with Crippen molar-refractivity contribution in [1.82, 2.24) is 4.90 Å². The molecular weight excluding hydrogens is 320 g/mol. The number of rotatable bonds is 6. The van der Waals surface area contributed by atoms with Crippen LogP contribution in [0.3, 0.4) is 0 Å². The van der Waals surface area contributed by atoms with Crippen LogP contribution in [0.2, 0.25) is 0 Å². The molecule has 1 aliphatic rings. The predicted octanol–water partition coefficient (Wildman–Crippen LogP) is 2.79. The van der Waals surface area contributed by atoms with Gasteiger partial charge in [-0.15, -0.1) is 11.8 Å². The zero-order valence-corrected chi connectivity index (χ0v) is 13.5. The molecule has 1 aliphatic heterocycles. The van der Waals surface area contributed by atoms with Gasteiger partial charge >= 0.3 is 5.97 Å². The Morgan fingerprint density at radius 1 is 1.48 bits per heavy atom. The lowest BCUT2D eigenvalue weighted by Gasteiger charge is -2.24. The number of likely N-dealkylation sites (tertiary alicyclic amines) is 1. The number of non-ortho nitro benzene ring substituents is 1. The summed E-state index contributed by atoms with van der Waals surface area (Å²) in [5, 5.41) is 19.9. The molecule has 1 aromatic carbocycles. The van der Waals surface area contributed by atoms with Crippen molar-refractivity contribution in [3.8, 4) is 0 Å². The van der Waals surface area contributed by atoms with Gasteiger partial charge in [-0.2, -0.15) is 0 Å². The standard InChI is InChI=1S/C15H18N2O5S/c1-2-23-13-6-5-11(17(21)22)8-12(13)15(20)16-7-3-4-10(16)9-14(18)19/h5-6,8,10H,2-4,7,9H2,1H3,(H,18,19). The lowest BCUT2D eigenvalue weighted by atomic mass is 10.1. The lowest BCUT2D eigenvalue weighted by molar-refractivity contribution is -0.384. The van der Waals surface area contributed by atoms with Gasteiger partial charge in [-0.05, 0) is 24.7 Å². The van der Waals surface area contributed by atoms with Crippen molar-refractivity contribution < 1.29 is 19.6 Å². The van der Waals surface area contributed by atoms with Crippen LogP contribution in [0.4, 0.5) is 5.69 Å². The number of benzene rings is 1. The van der Waals surface area contributed by atoms with E-state index in [9.17, 15) is 19.7 Å². The highest BCUT2D eigenvalue weighted by Gasteiger charge is 2.32. The number of thioether (sulfide) groups is 1. The second-order valence-electron chi connectivity index (χ2n) is 5.26. The molecule has 1 amide bonds. The number of nitrogens with zero attached hydrogens (tertiary/aromatic N) is 2. The van der Waals surface area contributed by atoms with Gasteiger partial charge in [-0.25, -0.2) is 0 Å². The number of hydrogen-bond donors (Lipinski definition) is 1. The molecule has 1 aromatic rings. The van der Waals surface area contributed by atoms with E-state index in [1.54, 1.807) is 6.07 Å². The van der Waals surface area contributed by atoms with Gasteiger partial charge in [0.25, 0.3) is 11.6 Å². The Hall–Kier alpha value is -2.09. The normalized spacial score (nSPS) is 17.3. The predicted molar refractivity (Wildman–Crippen MR) is 85.8 cm³/mol. The molecule has 0 saturated carbocycles. The maximum atomic E-state index is 12.8. The highest BCUT2D eigenvalue weighted by molar-refractivity contribution is 7.99. The zero-order valence-electron chi connectivity index (χ0n) is 12.7. The van der Waals surface area contributed by atoms with E-state index in [4.69, 9.17) is 5.11 Å². The molecule has 1 atom stereocenters. The van der Waals surface area contributed by atoms with E-state index < -0.39 is 10.9 Å². The van der Waals surface area contributed by atoms with Crippen molar-refractivity contribution in [2.45, 2.75) is 37.1 Å². The van der Waals surface area contributed by atoms with E-state index in [2.05, 4.69) is 0 Å². The van der Waals surface area contributed by atoms with Gasteiger partial charge in [0.2, 0.25) is 0 Å². The summed E-state index contributed by atoms with van der Waals surface area (Å²) >= 11 is 1.44. The van der Waals surface area contributed by atoms with Crippen LogP contribution < -0.4 is 0 Å². The van der Waals surface area contributed by atoms with E-state index in [1.165, 1.54) is 28.8 Å². The number of carbonyl (C=O) groups excluding carboxylic acids is 1. The summed E-state index contributed by atoms with van der Waals surface area (Å²) in [6, 6.07) is 3.91. The maximum absolute atomic E-state index is 12.8. The molecule has 23 heavy (non-hydrogen) atoms. The third-order valence-corrected chi connectivity index (χ3v) is 4.71. The van der Waals surface area contributed by atoms with Crippen LogP contribution in [0.1, 0.15) is 36.5 Å². The quantitative estimate of drug-likeness (QED) is 0.486. The van der Waals surface area contributed by atoms with Crippen molar-refractivity contribution in [1.29, 1.82) is 0 Å². The largest absolute Gasteiger partial charge is 0.481 e. The van der Waals surface area contributed by atoms with Crippen LogP contribution in [0, 0.1) is 10.1 Å². The summed E-state index contributed by atoms with van der Waals surface area (Å²) in [6.45, 7) is 2.42. The van der Waals surface area contributed by atoms with Crippen LogP contribution in [-0.4, -0.2) is 45.1 Å². The van der Waals surface area contributed by atoms with Crippen molar-refractivity contribution in [2.75, 3.05) is 12.3 Å². The van der Waals surface area contributed by atoms with Crippen LogP contribution in [0.25, 0.3) is 0 Å². The van der Waals surface area contributed by atoms with Crippen molar-refractivity contribution in [2.24, 2.45) is 0 Å². The average molecular weight is 338 g/mol. The van der Waals surface area contributed by atoms with Gasteiger partial charge in [0, 0.05) is 29.6 Å². The minimum Gasteiger partial charge on any atom is -0.481 e. The van der Waals surface area contributed by atoms with Gasteiger partial charge in [0.15, 0.2) is 0 Å². The summed E-state index contributed by atoms with van der Waals surface area (Å²) < 4.78 is 0. The minimum atomic E-state index is -0.947. The average Bonchev–Trinajstić information content (AvgIpc) is 2.94. The molecule has 2 rings (SSSR count). The number of hydrogen-bond acceptors (Lipinski definition) is 5. The first-order valence-corrected chi connectivity index (χ1v) is 8.36. The first-order valence-electron chi connectivity index (χ1n) is 7.38. The summed E-state index contributed by atoms with van der Waals surface area (Å²) in [6.07, 6.45) is 1.29. The first-order chi connectivity index (χ1) is 10.9. The Morgan fingerprint density at radius 2 is 2.22 bits per heavy atom. The molecule has 1 heterocycles. The number of aliphatic carboxylic acids is 1. The van der Waals surface area contributed by atoms with Gasteiger partial charge in [-0.3, -0.25) is 19.7 Å². The van der Waals surface area contributed by atoms with Gasteiger partial charge in [-0.1, -0.05) is 6.92 Å². The molecular formula is C15H18N2O5S. The lowest BCUT2D eigenvalue weighted by Crippen LogP contribution is -2.37. The molecule has 0 radical (unpaired) electrons. The smallest absolute Gasteiger partial charge is 0.305 e. The Kier molecular flexibility index (Phi) is 5.59. The van der Waals surface area contributed by atoms with Crippen LogP contribution in [0.15, 0.2) is 23.1 Å². The Morgan fingerprint density at radius 3 is 2.83 bits per heavy atom. The van der Waals surface area contributed by atoms with Gasteiger partial charge in [0.1, 0.15) is 0 Å². The second kappa shape index (κ2) is 7.45. The topological polar surface area (TPSA) is 101 Å². The summed E-state index contributed by atoms with van der Waals surface area (Å²) in [5.41, 5.74) is 0.145. The first kappa shape index (κ1) is 17.3. The molecule has 0 aliphatic carbocycles. The number of carboxylic acids is 1. The number of carbonyl (C=O) groups is 2. The fraction of sp³-hybridized carbons (Fsp3) is 0.467. The van der Waals surface area contributed by atoms with Gasteiger partial charge in [0.05, 0.1) is 16.9 Å². The van der Waals surface area contributed by atoms with E-state index in [1.807, 2.05) is 6.92 Å². The third-order valence-electron chi connectivity index (χ3n) is 3.75. The molecule has 0 bridgehead atoms. The number of nitro benzene ring substituents is 1. The molecule has 0 aromatic heterocycles. The summed E-state index contributed by atoms with van der Waals surface area (Å²) in [5.74, 6) is -0.540. The minimum absolute atomic E-state index is 0.100. The second-order valence-corrected chi connectivity index (χ2v) is 6.57. The Labute approximate surface area is 137 Å². The monoisotopic (exact) mass is 338 g/mol. The van der Waals surface area contributed by atoms with Crippen molar-refractivity contribution >= 4 is 29.3 Å². The fourth-order valence-corrected chi connectivity index (χ4v) is 3.53. The molecule has 1 saturated heterocycles. The highest BCUT2D eigenvalue weighted by atomic mass is 32.2. The molecule has 0 spiro atoms. The molecule has 8 heteroatoms. The van der Waals surface area contributed by atoms with Crippen molar-refractivity contribution in [3.05, 3.63) is 33.9 Å². The van der Waals surface area contributed by atoms with Crippen LogP contribution in [-0.2, 0) is 4.79 Å². The molecule has 124 valence electrons. The number of amides is 1. The molecule has 1 N–H and O–H groups in total. The fourth-order valence-electron chi connectivity index (χ4n) is 2.75. The van der Waals surface area contributed by atoms with Gasteiger partial charge < -0.3 is 10.0 Å². The Balaban J connectivity index is 2.34. The van der Waals surface area contributed by atoms with Crippen LogP contribution >= 0.6 is 11.8 Å². The Bertz CT molecular complexity index is 634. The highest BCUT2D eigenvalue weighted by Crippen LogP contribution is 2.30. The van der Waals surface area contributed by atoms with Crippen LogP contribution in [0.5, 0.6) is 0 Å². The molecule has 1 unspecified atom stereocenters. The van der Waals surface area contributed by atoms with E-state index in [0.717, 1.165) is 12.2 Å². The summed E-state index contributed by atoms with van der Waals surface area (Å²) in [7, 11) is 0.